The van der Waals surface area contributed by atoms with E-state index in [1.165, 1.54) is 13.3 Å². The maximum atomic E-state index is 11.4. The molecule has 1 aromatic rings. The lowest BCUT2D eigenvalue weighted by Gasteiger charge is -2.06. The molecule has 0 fully saturated rings. The highest BCUT2D eigenvalue weighted by Crippen LogP contribution is 2.26. The van der Waals surface area contributed by atoms with Crippen LogP contribution in [0.3, 0.4) is 0 Å². The van der Waals surface area contributed by atoms with Crippen LogP contribution in [0.1, 0.15) is 17.4 Å². The van der Waals surface area contributed by atoms with Crippen molar-refractivity contribution in [1.29, 1.82) is 0 Å². The second kappa shape index (κ2) is 4.95. The van der Waals surface area contributed by atoms with Gasteiger partial charge in [0.25, 0.3) is 0 Å². The summed E-state index contributed by atoms with van der Waals surface area (Å²) in [6.07, 6.45) is 1.50. The molecule has 0 saturated heterocycles. The van der Waals surface area contributed by atoms with Crippen LogP contribution in [0.5, 0.6) is 5.75 Å². The van der Waals surface area contributed by atoms with E-state index in [2.05, 4.69) is 20.9 Å². The highest BCUT2D eigenvalue weighted by molar-refractivity contribution is 9.10. The molecular weight excluding hydrogens is 250 g/mol. The third-order valence-electron chi connectivity index (χ3n) is 1.54. The monoisotopic (exact) mass is 259 g/mol. The number of esters is 1. The lowest BCUT2D eigenvalue weighted by atomic mass is 10.3. The highest BCUT2D eigenvalue weighted by atomic mass is 79.9. The smallest absolute Gasteiger partial charge is 0.358 e. The van der Waals surface area contributed by atoms with Crippen LogP contribution >= 0.6 is 15.9 Å². The Bertz CT molecular complexity index is 341. The summed E-state index contributed by atoms with van der Waals surface area (Å²) in [5.41, 5.74) is 0.228. The molecule has 0 saturated carbocycles. The van der Waals surface area contributed by atoms with Crippen molar-refractivity contribution in [3.8, 4) is 5.75 Å². The van der Waals surface area contributed by atoms with Crippen LogP contribution in [-0.4, -0.2) is 24.7 Å². The van der Waals surface area contributed by atoms with Crippen molar-refractivity contribution in [2.24, 2.45) is 0 Å². The lowest BCUT2D eigenvalue weighted by molar-refractivity contribution is 0.0518. The molecule has 0 radical (unpaired) electrons. The Kier molecular flexibility index (Phi) is 3.88. The third-order valence-corrected chi connectivity index (χ3v) is 2.31. The minimum absolute atomic E-state index is 0.228. The fourth-order valence-electron chi connectivity index (χ4n) is 0.925. The Morgan fingerprint density at radius 3 is 2.93 bits per heavy atom. The van der Waals surface area contributed by atoms with Crippen LogP contribution in [-0.2, 0) is 4.74 Å². The van der Waals surface area contributed by atoms with E-state index in [-0.39, 0.29) is 5.69 Å². The van der Waals surface area contributed by atoms with Gasteiger partial charge in [-0.15, -0.1) is 0 Å². The molecule has 0 N–H and O–H groups in total. The summed E-state index contributed by atoms with van der Waals surface area (Å²) < 4.78 is 10.4. The van der Waals surface area contributed by atoms with Gasteiger partial charge < -0.3 is 9.47 Å². The second-order valence-electron chi connectivity index (χ2n) is 2.40. The molecule has 0 aliphatic rings. The summed E-state index contributed by atoms with van der Waals surface area (Å²) in [5, 5.41) is 0. The molecule has 1 rings (SSSR count). The summed E-state index contributed by atoms with van der Waals surface area (Å²) >= 11 is 3.22. The molecule has 0 aliphatic carbocycles. The summed E-state index contributed by atoms with van der Waals surface area (Å²) in [7, 11) is 1.52. The summed E-state index contributed by atoms with van der Waals surface area (Å²) in [4.78, 5) is 15.3. The van der Waals surface area contributed by atoms with Gasteiger partial charge in [-0.05, 0) is 28.9 Å². The van der Waals surface area contributed by atoms with Gasteiger partial charge in [-0.25, -0.2) is 9.78 Å². The lowest BCUT2D eigenvalue weighted by Crippen LogP contribution is -2.08. The van der Waals surface area contributed by atoms with Crippen LogP contribution in [0.25, 0.3) is 0 Å². The molecule has 0 amide bonds. The largest absolute Gasteiger partial charge is 0.495 e. The first-order valence-electron chi connectivity index (χ1n) is 4.06. The van der Waals surface area contributed by atoms with Gasteiger partial charge in [0.2, 0.25) is 0 Å². The highest BCUT2D eigenvalue weighted by Gasteiger charge is 2.15. The van der Waals surface area contributed by atoms with Crippen LogP contribution in [0.4, 0.5) is 0 Å². The Hall–Kier alpha value is -1.10. The molecule has 0 spiro atoms. The summed E-state index contributed by atoms with van der Waals surface area (Å²) in [6.45, 7) is 2.07. The van der Waals surface area contributed by atoms with Crippen molar-refractivity contribution in [1.82, 2.24) is 4.98 Å². The van der Waals surface area contributed by atoms with Crippen molar-refractivity contribution in [3.05, 3.63) is 22.4 Å². The number of aromatic nitrogens is 1. The number of pyridine rings is 1. The predicted molar refractivity (Wildman–Crippen MR) is 54.4 cm³/mol. The minimum atomic E-state index is -0.460. The molecule has 76 valence electrons. The van der Waals surface area contributed by atoms with Crippen molar-refractivity contribution < 1.29 is 14.3 Å². The van der Waals surface area contributed by atoms with Gasteiger partial charge in [0.1, 0.15) is 5.75 Å². The number of ether oxygens (including phenoxy) is 2. The molecule has 1 aromatic heterocycles. The van der Waals surface area contributed by atoms with Crippen molar-refractivity contribution in [3.63, 3.8) is 0 Å². The Labute approximate surface area is 90.4 Å². The Morgan fingerprint density at radius 2 is 2.36 bits per heavy atom. The zero-order valence-electron chi connectivity index (χ0n) is 7.91. The van der Waals surface area contributed by atoms with Crippen LogP contribution < -0.4 is 4.74 Å². The number of carbonyl (C=O) groups is 1. The van der Waals surface area contributed by atoms with E-state index in [0.29, 0.717) is 16.8 Å². The molecule has 14 heavy (non-hydrogen) atoms. The van der Waals surface area contributed by atoms with Gasteiger partial charge in [-0.2, -0.15) is 0 Å². The molecule has 0 atom stereocenters. The average Bonchev–Trinajstić information content (AvgIpc) is 2.18. The van der Waals surface area contributed by atoms with E-state index in [4.69, 9.17) is 9.47 Å². The van der Waals surface area contributed by atoms with Gasteiger partial charge in [-0.3, -0.25) is 0 Å². The molecule has 1 heterocycles. The molecular formula is C9H10BrNO3. The second-order valence-corrected chi connectivity index (χ2v) is 3.19. The number of nitrogens with zero attached hydrogens (tertiary/aromatic N) is 1. The van der Waals surface area contributed by atoms with Gasteiger partial charge in [0.05, 0.1) is 18.2 Å². The zero-order valence-corrected chi connectivity index (χ0v) is 9.50. The molecule has 0 unspecified atom stereocenters. The topological polar surface area (TPSA) is 48.4 Å². The zero-order chi connectivity index (χ0) is 10.6. The normalized spacial score (nSPS) is 9.64. The fraction of sp³-hybridized carbons (Fsp3) is 0.333. The van der Waals surface area contributed by atoms with Crippen molar-refractivity contribution in [2.45, 2.75) is 6.92 Å². The van der Waals surface area contributed by atoms with Gasteiger partial charge in [0, 0.05) is 6.20 Å². The summed E-state index contributed by atoms with van der Waals surface area (Å²) in [5.74, 6) is 0.0985. The maximum absolute atomic E-state index is 11.4. The van der Waals surface area contributed by atoms with Gasteiger partial charge in [0.15, 0.2) is 5.69 Å². The van der Waals surface area contributed by atoms with Gasteiger partial charge in [-0.1, -0.05) is 0 Å². The predicted octanol–water partition coefficient (Wildman–Crippen LogP) is 2.03. The number of halogens is 1. The Balaban J connectivity index is 3.03. The standard InChI is InChI=1S/C9H10BrNO3/c1-3-14-9(12)8-7(10)6(13-2)4-5-11-8/h4-5H,3H2,1-2H3. The molecule has 0 aliphatic heterocycles. The summed E-state index contributed by atoms with van der Waals surface area (Å²) in [6, 6.07) is 1.66. The number of methoxy groups -OCH3 is 1. The molecule has 4 nitrogen and oxygen atoms in total. The first-order chi connectivity index (χ1) is 6.70. The van der Waals surface area contributed by atoms with E-state index in [0.717, 1.165) is 0 Å². The van der Waals surface area contributed by atoms with E-state index in [9.17, 15) is 4.79 Å². The van der Waals surface area contributed by atoms with Gasteiger partial charge >= 0.3 is 5.97 Å². The van der Waals surface area contributed by atoms with Crippen LogP contribution in [0.2, 0.25) is 0 Å². The van der Waals surface area contributed by atoms with Crippen molar-refractivity contribution in [2.75, 3.05) is 13.7 Å². The van der Waals surface area contributed by atoms with E-state index >= 15 is 0 Å². The van der Waals surface area contributed by atoms with E-state index in [1.807, 2.05) is 0 Å². The quantitative estimate of drug-likeness (QED) is 0.780. The number of carbonyl (C=O) groups excluding carboxylic acids is 1. The first-order valence-corrected chi connectivity index (χ1v) is 4.85. The average molecular weight is 260 g/mol. The molecule has 0 aromatic carbocycles. The number of rotatable bonds is 3. The van der Waals surface area contributed by atoms with E-state index < -0.39 is 5.97 Å². The van der Waals surface area contributed by atoms with Crippen molar-refractivity contribution >= 4 is 21.9 Å². The minimum Gasteiger partial charge on any atom is -0.495 e. The molecule has 0 bridgehead atoms. The third kappa shape index (κ3) is 2.23. The number of hydrogen-bond acceptors (Lipinski definition) is 4. The number of hydrogen-bond donors (Lipinski definition) is 0. The Morgan fingerprint density at radius 1 is 1.64 bits per heavy atom. The SMILES string of the molecule is CCOC(=O)c1nccc(OC)c1Br. The molecule has 5 heteroatoms. The van der Waals surface area contributed by atoms with Crippen LogP contribution in [0.15, 0.2) is 16.7 Å². The first kappa shape index (κ1) is 11.0. The van der Waals surface area contributed by atoms with Crippen LogP contribution in [0, 0.1) is 0 Å². The van der Waals surface area contributed by atoms with E-state index in [1.54, 1.807) is 13.0 Å². The fourth-order valence-corrected chi connectivity index (χ4v) is 1.48. The maximum Gasteiger partial charge on any atom is 0.358 e.